The second-order valence-electron chi connectivity index (χ2n) is 12.9. The standard InChI is InChI=1S/C32H37NO7/c1-14-25(36)23(16(3)34)28-24(26(14)37)32(10)21(40-28)13-20(35)22(29(32)39)15(2)33-17-11-18(30(4,5)6)27(38)19(12-17)31(7,8)9/h11-13,33,36-38H,1-10H3/b22-15+/t32-/m0/s1. The van der Waals surface area contributed by atoms with Crippen LogP contribution >= 0.6 is 0 Å². The van der Waals surface area contributed by atoms with Gasteiger partial charge in [-0.05, 0) is 50.7 Å². The summed E-state index contributed by atoms with van der Waals surface area (Å²) in [5.74, 6) is -2.47. The van der Waals surface area contributed by atoms with Crippen LogP contribution in [0.5, 0.6) is 23.0 Å². The van der Waals surface area contributed by atoms with Crippen LogP contribution in [0.4, 0.5) is 5.69 Å². The topological polar surface area (TPSA) is 133 Å². The van der Waals surface area contributed by atoms with Gasteiger partial charge in [0.1, 0.15) is 39.7 Å². The van der Waals surface area contributed by atoms with Gasteiger partial charge in [0, 0.05) is 34.2 Å². The molecule has 2 aliphatic rings. The summed E-state index contributed by atoms with van der Waals surface area (Å²) in [5.41, 5.74) is -0.264. The van der Waals surface area contributed by atoms with Gasteiger partial charge in [0.25, 0.3) is 0 Å². The number of hydrogen-bond acceptors (Lipinski definition) is 8. The molecule has 0 radical (unpaired) electrons. The quantitative estimate of drug-likeness (QED) is 0.160. The smallest absolute Gasteiger partial charge is 0.194 e. The van der Waals surface area contributed by atoms with Crippen molar-refractivity contribution in [1.82, 2.24) is 0 Å². The third-order valence-electron chi connectivity index (χ3n) is 7.82. The van der Waals surface area contributed by atoms with Crippen LogP contribution in [0.3, 0.4) is 0 Å². The predicted molar refractivity (Wildman–Crippen MR) is 152 cm³/mol. The monoisotopic (exact) mass is 547 g/mol. The molecule has 0 saturated heterocycles. The molecule has 1 aliphatic heterocycles. The van der Waals surface area contributed by atoms with Crippen molar-refractivity contribution in [2.24, 2.45) is 0 Å². The van der Waals surface area contributed by atoms with Gasteiger partial charge in [-0.25, -0.2) is 0 Å². The number of Topliss-reactive ketones (excluding diaryl/α,β-unsaturated/α-hetero) is 2. The van der Waals surface area contributed by atoms with Crippen LogP contribution in [0.25, 0.3) is 0 Å². The number of rotatable bonds is 3. The first-order valence-electron chi connectivity index (χ1n) is 13.2. The molecule has 0 spiro atoms. The molecule has 4 N–H and O–H groups in total. The van der Waals surface area contributed by atoms with Crippen LogP contribution in [0.15, 0.2) is 35.2 Å². The summed E-state index contributed by atoms with van der Waals surface area (Å²) in [4.78, 5) is 39.9. The number of benzene rings is 2. The van der Waals surface area contributed by atoms with E-state index in [0.29, 0.717) is 16.8 Å². The van der Waals surface area contributed by atoms with Crippen molar-refractivity contribution in [2.45, 2.75) is 85.5 Å². The fourth-order valence-corrected chi connectivity index (χ4v) is 5.49. The Morgan fingerprint density at radius 2 is 1.43 bits per heavy atom. The van der Waals surface area contributed by atoms with E-state index < -0.39 is 28.5 Å². The zero-order valence-electron chi connectivity index (χ0n) is 24.7. The molecule has 0 fully saturated rings. The highest BCUT2D eigenvalue weighted by Gasteiger charge is 2.56. The number of anilines is 1. The molecule has 0 aromatic heterocycles. The van der Waals surface area contributed by atoms with Crippen LogP contribution in [0.1, 0.15) is 94.9 Å². The molecule has 4 rings (SSSR count). The normalized spacial score (nSPS) is 20.0. The fourth-order valence-electron chi connectivity index (χ4n) is 5.49. The summed E-state index contributed by atoms with van der Waals surface area (Å²) in [6.45, 7) is 17.8. The second kappa shape index (κ2) is 8.98. The van der Waals surface area contributed by atoms with Crippen molar-refractivity contribution in [3.63, 3.8) is 0 Å². The van der Waals surface area contributed by atoms with E-state index in [1.807, 2.05) is 41.5 Å². The van der Waals surface area contributed by atoms with Crippen LogP contribution in [0, 0.1) is 6.92 Å². The zero-order valence-corrected chi connectivity index (χ0v) is 24.7. The first-order chi connectivity index (χ1) is 18.2. The molecular formula is C32H37NO7. The fraction of sp³-hybridized carbons (Fsp3) is 0.406. The van der Waals surface area contributed by atoms with E-state index in [2.05, 4.69) is 5.32 Å². The lowest BCUT2D eigenvalue weighted by Crippen LogP contribution is -2.40. The number of carbonyl (C=O) groups excluding carboxylic acids is 3. The first kappa shape index (κ1) is 28.9. The Morgan fingerprint density at radius 1 is 0.900 bits per heavy atom. The number of fused-ring (bicyclic) bond motifs is 3. The van der Waals surface area contributed by atoms with Gasteiger partial charge < -0.3 is 25.4 Å². The van der Waals surface area contributed by atoms with Gasteiger partial charge in [-0.15, -0.1) is 0 Å². The molecule has 1 aliphatic carbocycles. The van der Waals surface area contributed by atoms with Gasteiger partial charge in [-0.2, -0.15) is 0 Å². The number of nitrogens with one attached hydrogen (secondary N) is 1. The highest BCUT2D eigenvalue weighted by Crippen LogP contribution is 2.57. The highest BCUT2D eigenvalue weighted by atomic mass is 16.5. The van der Waals surface area contributed by atoms with Crippen molar-refractivity contribution in [3.05, 3.63) is 63.1 Å². The van der Waals surface area contributed by atoms with E-state index in [4.69, 9.17) is 4.74 Å². The molecule has 0 bridgehead atoms. The number of aromatic hydroxyl groups is 3. The summed E-state index contributed by atoms with van der Waals surface area (Å²) in [7, 11) is 0. The maximum atomic E-state index is 14.1. The third-order valence-corrected chi connectivity index (χ3v) is 7.82. The van der Waals surface area contributed by atoms with Crippen molar-refractivity contribution in [1.29, 1.82) is 0 Å². The van der Waals surface area contributed by atoms with Crippen LogP contribution in [-0.4, -0.2) is 32.7 Å². The van der Waals surface area contributed by atoms with Crippen LogP contribution in [-0.2, 0) is 25.8 Å². The van der Waals surface area contributed by atoms with Crippen molar-refractivity contribution in [2.75, 3.05) is 5.32 Å². The minimum atomic E-state index is -1.60. The summed E-state index contributed by atoms with van der Waals surface area (Å²) in [6.07, 6.45) is 1.19. The molecule has 0 unspecified atom stereocenters. The molecule has 8 heteroatoms. The van der Waals surface area contributed by atoms with Crippen LogP contribution < -0.4 is 10.1 Å². The van der Waals surface area contributed by atoms with E-state index >= 15 is 0 Å². The zero-order chi connectivity index (χ0) is 30.3. The van der Waals surface area contributed by atoms with Gasteiger partial charge in [0.05, 0.1) is 11.1 Å². The lowest BCUT2D eigenvalue weighted by Gasteiger charge is -2.30. The lowest BCUT2D eigenvalue weighted by atomic mass is 9.70. The number of phenols is 3. The van der Waals surface area contributed by atoms with Crippen molar-refractivity contribution in [3.8, 4) is 23.0 Å². The lowest BCUT2D eigenvalue weighted by molar-refractivity contribution is -0.123. The van der Waals surface area contributed by atoms with Crippen molar-refractivity contribution < 1.29 is 34.4 Å². The average molecular weight is 548 g/mol. The van der Waals surface area contributed by atoms with E-state index in [1.165, 1.54) is 26.8 Å². The van der Waals surface area contributed by atoms with Crippen LogP contribution in [0.2, 0.25) is 0 Å². The number of phenolic OH excluding ortho intramolecular Hbond substituents is 3. The van der Waals surface area contributed by atoms with E-state index in [1.54, 1.807) is 19.1 Å². The molecule has 8 nitrogen and oxygen atoms in total. The Bertz CT molecular complexity index is 1540. The summed E-state index contributed by atoms with van der Waals surface area (Å²) < 4.78 is 5.84. The molecule has 0 amide bonds. The van der Waals surface area contributed by atoms with Gasteiger partial charge in [0.2, 0.25) is 0 Å². The van der Waals surface area contributed by atoms with E-state index in [-0.39, 0.29) is 61.8 Å². The summed E-state index contributed by atoms with van der Waals surface area (Å²) in [6, 6.07) is 3.61. The Hall–Kier alpha value is -4.07. The molecule has 212 valence electrons. The van der Waals surface area contributed by atoms with Gasteiger partial charge in [-0.3, -0.25) is 14.4 Å². The Balaban J connectivity index is 1.90. The number of hydrogen-bond donors (Lipinski definition) is 4. The minimum Gasteiger partial charge on any atom is -0.507 e. The Morgan fingerprint density at radius 3 is 1.90 bits per heavy atom. The molecule has 1 heterocycles. The third kappa shape index (κ3) is 4.17. The average Bonchev–Trinajstić information content (AvgIpc) is 3.10. The number of ether oxygens (including phenoxy) is 1. The van der Waals surface area contributed by atoms with Gasteiger partial charge in [-0.1, -0.05) is 41.5 Å². The number of carbonyl (C=O) groups is 3. The largest absolute Gasteiger partial charge is 0.507 e. The van der Waals surface area contributed by atoms with E-state index in [9.17, 15) is 29.7 Å². The second-order valence-corrected chi connectivity index (χ2v) is 12.9. The van der Waals surface area contributed by atoms with E-state index in [0.717, 1.165) is 0 Å². The maximum absolute atomic E-state index is 14.1. The molecule has 2 aromatic carbocycles. The van der Waals surface area contributed by atoms with Gasteiger partial charge >= 0.3 is 0 Å². The molecule has 40 heavy (non-hydrogen) atoms. The Kier molecular flexibility index (Phi) is 6.49. The number of ketones is 3. The Labute approximate surface area is 234 Å². The first-order valence-corrected chi connectivity index (χ1v) is 13.2. The van der Waals surface area contributed by atoms with Gasteiger partial charge in [0.15, 0.2) is 17.3 Å². The highest BCUT2D eigenvalue weighted by molar-refractivity contribution is 6.31. The molecule has 2 aromatic rings. The van der Waals surface area contributed by atoms with Crippen molar-refractivity contribution >= 4 is 23.0 Å². The maximum Gasteiger partial charge on any atom is 0.194 e. The summed E-state index contributed by atoms with van der Waals surface area (Å²) in [5, 5.41) is 35.9. The minimum absolute atomic E-state index is 0.0217. The SMILES string of the molecule is CC(=O)c1c(O)c(C)c(O)c2c1OC1=CC(=O)/C(=C(/C)Nc3cc(C(C)(C)C)c(O)c(C(C)(C)C)c3)C(=O)[C@@]12C. The predicted octanol–water partition coefficient (Wildman–Crippen LogP) is 5.98. The molecule has 1 atom stereocenters. The molecule has 0 saturated carbocycles. The summed E-state index contributed by atoms with van der Waals surface area (Å²) >= 11 is 0. The number of allylic oxidation sites excluding steroid dienone is 4. The molecular weight excluding hydrogens is 510 g/mol.